The topological polar surface area (TPSA) is 69.2 Å². The Morgan fingerprint density at radius 1 is 1.29 bits per heavy atom. The van der Waals surface area contributed by atoms with Gasteiger partial charge in [-0.15, -0.1) is 0 Å². The number of aliphatic hydroxyl groups is 1. The van der Waals surface area contributed by atoms with E-state index in [1.54, 1.807) is 17.0 Å². The standard InChI is InChI=1S/C16H19N3O2/c20-15(13-4-2-1-3-5-13)16(21)19-8-6-12(7-9-19)14-10-17-18-11-14/h1-5,10-12,15,20H,6-9H2,(H,17,18). The molecule has 110 valence electrons. The number of hydrogen-bond acceptors (Lipinski definition) is 3. The van der Waals surface area contributed by atoms with Crippen LogP contribution < -0.4 is 0 Å². The zero-order chi connectivity index (χ0) is 14.7. The number of likely N-dealkylation sites (tertiary alicyclic amines) is 1. The molecule has 1 saturated heterocycles. The van der Waals surface area contributed by atoms with Crippen LogP contribution in [0.1, 0.15) is 36.0 Å². The van der Waals surface area contributed by atoms with Gasteiger partial charge in [0, 0.05) is 19.3 Å². The van der Waals surface area contributed by atoms with Crippen LogP contribution >= 0.6 is 0 Å². The van der Waals surface area contributed by atoms with E-state index in [4.69, 9.17) is 0 Å². The summed E-state index contributed by atoms with van der Waals surface area (Å²) in [4.78, 5) is 14.1. The highest BCUT2D eigenvalue weighted by Crippen LogP contribution is 2.28. The first-order valence-corrected chi connectivity index (χ1v) is 7.26. The maximum absolute atomic E-state index is 12.3. The highest BCUT2D eigenvalue weighted by molar-refractivity contribution is 5.82. The molecule has 1 atom stereocenters. The normalized spacial score (nSPS) is 17.7. The number of aromatic amines is 1. The number of rotatable bonds is 3. The molecule has 1 fully saturated rings. The van der Waals surface area contributed by atoms with Gasteiger partial charge < -0.3 is 10.0 Å². The zero-order valence-corrected chi connectivity index (χ0v) is 11.8. The third-order valence-electron chi connectivity index (χ3n) is 4.15. The van der Waals surface area contributed by atoms with E-state index in [0.717, 1.165) is 12.8 Å². The first-order valence-electron chi connectivity index (χ1n) is 7.26. The van der Waals surface area contributed by atoms with E-state index < -0.39 is 6.10 Å². The summed E-state index contributed by atoms with van der Waals surface area (Å²) in [5.41, 5.74) is 1.85. The summed E-state index contributed by atoms with van der Waals surface area (Å²) in [7, 11) is 0. The maximum atomic E-state index is 12.3. The Labute approximate surface area is 123 Å². The van der Waals surface area contributed by atoms with Gasteiger partial charge in [-0.3, -0.25) is 9.89 Å². The summed E-state index contributed by atoms with van der Waals surface area (Å²) in [6, 6.07) is 9.09. The zero-order valence-electron chi connectivity index (χ0n) is 11.8. The Bertz CT molecular complexity index is 575. The summed E-state index contributed by atoms with van der Waals surface area (Å²) in [6.07, 6.45) is 4.53. The first-order chi connectivity index (χ1) is 10.3. The number of nitrogens with one attached hydrogen (secondary N) is 1. The van der Waals surface area contributed by atoms with Crippen LogP contribution in [0.4, 0.5) is 0 Å². The van der Waals surface area contributed by atoms with Crippen molar-refractivity contribution in [2.75, 3.05) is 13.1 Å². The minimum absolute atomic E-state index is 0.202. The van der Waals surface area contributed by atoms with E-state index in [-0.39, 0.29) is 5.91 Å². The van der Waals surface area contributed by atoms with Gasteiger partial charge in [-0.05, 0) is 29.9 Å². The van der Waals surface area contributed by atoms with Crippen molar-refractivity contribution < 1.29 is 9.90 Å². The van der Waals surface area contributed by atoms with Crippen LogP contribution in [0.3, 0.4) is 0 Å². The van der Waals surface area contributed by atoms with Gasteiger partial charge in [0.1, 0.15) is 0 Å². The highest BCUT2D eigenvalue weighted by Gasteiger charge is 2.28. The molecule has 0 aliphatic carbocycles. The molecule has 1 aromatic heterocycles. The number of piperidine rings is 1. The molecule has 2 aromatic rings. The molecule has 5 nitrogen and oxygen atoms in total. The van der Waals surface area contributed by atoms with Gasteiger partial charge in [0.25, 0.3) is 5.91 Å². The fourth-order valence-corrected chi connectivity index (χ4v) is 2.87. The number of benzene rings is 1. The Hall–Kier alpha value is -2.14. The fraction of sp³-hybridized carbons (Fsp3) is 0.375. The van der Waals surface area contributed by atoms with Gasteiger partial charge >= 0.3 is 0 Å². The third kappa shape index (κ3) is 2.97. The van der Waals surface area contributed by atoms with Crippen LogP contribution in [0, 0.1) is 0 Å². The predicted octanol–water partition coefficient (Wildman–Crippen LogP) is 1.85. The van der Waals surface area contributed by atoms with E-state index in [9.17, 15) is 9.90 Å². The largest absolute Gasteiger partial charge is 0.378 e. The van der Waals surface area contributed by atoms with Crippen LogP contribution in [0.25, 0.3) is 0 Å². The second kappa shape index (κ2) is 6.10. The smallest absolute Gasteiger partial charge is 0.256 e. The van der Waals surface area contributed by atoms with Gasteiger partial charge in [-0.2, -0.15) is 5.10 Å². The van der Waals surface area contributed by atoms with Gasteiger partial charge in [0.15, 0.2) is 6.10 Å². The van der Waals surface area contributed by atoms with Crippen LogP contribution in [-0.4, -0.2) is 39.2 Å². The van der Waals surface area contributed by atoms with E-state index >= 15 is 0 Å². The number of hydrogen-bond donors (Lipinski definition) is 2. The van der Waals surface area contributed by atoms with Crippen LogP contribution in [0.15, 0.2) is 42.7 Å². The molecule has 1 aliphatic rings. The number of aliphatic hydroxyl groups excluding tert-OH is 1. The Morgan fingerprint density at radius 3 is 2.62 bits per heavy atom. The number of carbonyl (C=O) groups is 1. The summed E-state index contributed by atoms with van der Waals surface area (Å²) in [5, 5.41) is 17.0. The van der Waals surface area contributed by atoms with Crippen molar-refractivity contribution in [3.05, 3.63) is 53.9 Å². The Balaban J connectivity index is 1.60. The fourth-order valence-electron chi connectivity index (χ4n) is 2.87. The van der Waals surface area contributed by atoms with E-state index in [1.165, 1.54) is 5.56 Å². The predicted molar refractivity (Wildman–Crippen MR) is 78.5 cm³/mol. The van der Waals surface area contributed by atoms with Crippen molar-refractivity contribution in [1.82, 2.24) is 15.1 Å². The van der Waals surface area contributed by atoms with Crippen molar-refractivity contribution in [1.29, 1.82) is 0 Å². The summed E-state index contributed by atoms with van der Waals surface area (Å²) in [6.45, 7) is 1.36. The molecule has 2 N–H and O–H groups in total. The van der Waals surface area contributed by atoms with Gasteiger partial charge in [0.2, 0.25) is 0 Å². The minimum Gasteiger partial charge on any atom is -0.378 e. The quantitative estimate of drug-likeness (QED) is 0.904. The molecule has 1 amide bonds. The van der Waals surface area contributed by atoms with Gasteiger partial charge in [-0.1, -0.05) is 30.3 Å². The Morgan fingerprint density at radius 2 is 2.00 bits per heavy atom. The van der Waals surface area contributed by atoms with Crippen LogP contribution in [-0.2, 0) is 4.79 Å². The molecular weight excluding hydrogens is 266 g/mol. The van der Waals surface area contributed by atoms with Crippen molar-refractivity contribution >= 4 is 5.91 Å². The average Bonchev–Trinajstić information content (AvgIpc) is 3.09. The Kier molecular flexibility index (Phi) is 4.01. The first kappa shape index (κ1) is 13.8. The van der Waals surface area contributed by atoms with Crippen molar-refractivity contribution in [2.45, 2.75) is 24.9 Å². The van der Waals surface area contributed by atoms with E-state index in [2.05, 4.69) is 10.2 Å². The lowest BCUT2D eigenvalue weighted by Gasteiger charge is -2.33. The monoisotopic (exact) mass is 285 g/mol. The van der Waals surface area contributed by atoms with E-state index in [1.807, 2.05) is 30.6 Å². The molecule has 1 aliphatic heterocycles. The lowest BCUT2D eigenvalue weighted by Crippen LogP contribution is -2.40. The average molecular weight is 285 g/mol. The molecule has 2 heterocycles. The molecule has 21 heavy (non-hydrogen) atoms. The minimum atomic E-state index is -1.06. The number of carbonyl (C=O) groups excluding carboxylic acids is 1. The summed E-state index contributed by atoms with van der Waals surface area (Å²) in [5.74, 6) is 0.244. The lowest BCUT2D eigenvalue weighted by atomic mass is 9.91. The lowest BCUT2D eigenvalue weighted by molar-refractivity contribution is -0.141. The molecule has 0 saturated carbocycles. The molecule has 3 rings (SSSR count). The number of H-pyrrole nitrogens is 1. The van der Waals surface area contributed by atoms with Crippen molar-refractivity contribution in [3.8, 4) is 0 Å². The molecule has 0 radical (unpaired) electrons. The van der Waals surface area contributed by atoms with Crippen molar-refractivity contribution in [2.24, 2.45) is 0 Å². The van der Waals surface area contributed by atoms with Crippen molar-refractivity contribution in [3.63, 3.8) is 0 Å². The maximum Gasteiger partial charge on any atom is 0.256 e. The number of amides is 1. The number of nitrogens with zero attached hydrogens (tertiary/aromatic N) is 2. The molecule has 1 aromatic carbocycles. The molecule has 5 heteroatoms. The van der Waals surface area contributed by atoms with E-state index in [0.29, 0.717) is 24.6 Å². The second-order valence-corrected chi connectivity index (χ2v) is 5.44. The van der Waals surface area contributed by atoms with Crippen LogP contribution in [0.5, 0.6) is 0 Å². The number of aromatic nitrogens is 2. The van der Waals surface area contributed by atoms with Gasteiger partial charge in [0.05, 0.1) is 6.20 Å². The molecule has 0 bridgehead atoms. The third-order valence-corrected chi connectivity index (χ3v) is 4.15. The molecule has 1 unspecified atom stereocenters. The molecule has 0 spiro atoms. The highest BCUT2D eigenvalue weighted by atomic mass is 16.3. The van der Waals surface area contributed by atoms with Gasteiger partial charge in [-0.25, -0.2) is 0 Å². The molecular formula is C16H19N3O2. The van der Waals surface area contributed by atoms with Crippen LogP contribution in [0.2, 0.25) is 0 Å². The second-order valence-electron chi connectivity index (χ2n) is 5.44. The summed E-state index contributed by atoms with van der Waals surface area (Å²) < 4.78 is 0. The SMILES string of the molecule is O=C(C(O)c1ccccc1)N1CCC(c2cn[nH]c2)CC1. The summed E-state index contributed by atoms with van der Waals surface area (Å²) >= 11 is 0.